The topological polar surface area (TPSA) is 92.7 Å². The van der Waals surface area contributed by atoms with Crippen molar-refractivity contribution in [3.63, 3.8) is 0 Å². The standard InChI is InChI=1S/C16H19NO5S/c1-3-9-8-12(16(21)22-2)14(23-9)17-13(18)10-6-4-5-7-11(10)15(19)20/h4-5,8,10-11H,3,6-7H2,1-2H3,(H,17,18)(H,19,20)/t10-,11+/m0/s1. The molecule has 1 amide bonds. The fourth-order valence-electron chi connectivity index (χ4n) is 2.55. The van der Waals surface area contributed by atoms with E-state index in [1.807, 2.05) is 13.0 Å². The number of hydrogen-bond donors (Lipinski definition) is 2. The lowest BCUT2D eigenvalue weighted by Gasteiger charge is -2.24. The lowest BCUT2D eigenvalue weighted by atomic mass is 9.82. The first kappa shape index (κ1) is 17.2. The molecule has 0 saturated carbocycles. The van der Waals surface area contributed by atoms with E-state index < -0.39 is 23.8 Å². The van der Waals surface area contributed by atoms with Crippen LogP contribution in [-0.2, 0) is 20.7 Å². The van der Waals surface area contributed by atoms with Gasteiger partial charge in [0.05, 0.1) is 24.5 Å². The van der Waals surface area contributed by atoms with Crippen molar-refractivity contribution in [3.05, 3.63) is 28.7 Å². The molecule has 1 heterocycles. The molecule has 0 bridgehead atoms. The Morgan fingerprint density at radius 3 is 2.52 bits per heavy atom. The van der Waals surface area contributed by atoms with Gasteiger partial charge in [-0.05, 0) is 25.3 Å². The molecule has 0 aromatic carbocycles. The van der Waals surface area contributed by atoms with Crippen LogP contribution in [0.15, 0.2) is 18.2 Å². The van der Waals surface area contributed by atoms with Crippen molar-refractivity contribution in [2.75, 3.05) is 12.4 Å². The largest absolute Gasteiger partial charge is 0.481 e. The van der Waals surface area contributed by atoms with Crippen molar-refractivity contribution in [1.82, 2.24) is 0 Å². The van der Waals surface area contributed by atoms with Crippen LogP contribution in [0, 0.1) is 11.8 Å². The Balaban J connectivity index is 2.22. The molecule has 2 atom stereocenters. The maximum Gasteiger partial charge on any atom is 0.340 e. The Morgan fingerprint density at radius 2 is 1.96 bits per heavy atom. The lowest BCUT2D eigenvalue weighted by Crippen LogP contribution is -2.34. The molecule has 6 nitrogen and oxygen atoms in total. The second kappa shape index (κ2) is 7.41. The molecule has 0 fully saturated rings. The molecule has 0 radical (unpaired) electrons. The van der Waals surface area contributed by atoms with Gasteiger partial charge in [-0.25, -0.2) is 4.79 Å². The molecule has 124 valence electrons. The number of aliphatic carboxylic acids is 1. The van der Waals surface area contributed by atoms with E-state index >= 15 is 0 Å². The van der Waals surface area contributed by atoms with E-state index in [0.717, 1.165) is 11.3 Å². The number of amides is 1. The van der Waals surface area contributed by atoms with Crippen LogP contribution in [-0.4, -0.2) is 30.1 Å². The quantitative estimate of drug-likeness (QED) is 0.636. The number of nitrogens with one attached hydrogen (secondary N) is 1. The van der Waals surface area contributed by atoms with Crippen LogP contribution in [0.5, 0.6) is 0 Å². The number of ether oxygens (including phenoxy) is 1. The molecule has 0 unspecified atom stereocenters. The van der Waals surface area contributed by atoms with E-state index in [1.54, 1.807) is 12.1 Å². The zero-order chi connectivity index (χ0) is 17.0. The number of aryl methyl sites for hydroxylation is 1. The first-order chi connectivity index (χ1) is 11.0. The van der Waals surface area contributed by atoms with Gasteiger partial charge < -0.3 is 15.2 Å². The number of carbonyl (C=O) groups excluding carboxylic acids is 2. The minimum Gasteiger partial charge on any atom is -0.481 e. The maximum absolute atomic E-state index is 12.5. The first-order valence-corrected chi connectivity index (χ1v) is 8.19. The lowest BCUT2D eigenvalue weighted by molar-refractivity contribution is -0.146. The third kappa shape index (κ3) is 3.79. The summed E-state index contributed by atoms with van der Waals surface area (Å²) in [6.07, 6.45) is 5.04. The summed E-state index contributed by atoms with van der Waals surface area (Å²) in [5.41, 5.74) is 0.306. The first-order valence-electron chi connectivity index (χ1n) is 7.37. The van der Waals surface area contributed by atoms with Gasteiger partial charge in [0.15, 0.2) is 0 Å². The average Bonchev–Trinajstić information content (AvgIpc) is 2.97. The van der Waals surface area contributed by atoms with Crippen molar-refractivity contribution in [3.8, 4) is 0 Å². The highest BCUT2D eigenvalue weighted by Crippen LogP contribution is 2.32. The van der Waals surface area contributed by atoms with Gasteiger partial charge in [0.2, 0.25) is 5.91 Å². The Labute approximate surface area is 138 Å². The second-order valence-corrected chi connectivity index (χ2v) is 6.42. The molecule has 2 rings (SSSR count). The number of carbonyl (C=O) groups is 3. The molecule has 1 aliphatic rings. The summed E-state index contributed by atoms with van der Waals surface area (Å²) in [5.74, 6) is -3.27. The van der Waals surface area contributed by atoms with E-state index in [4.69, 9.17) is 4.74 Å². The number of rotatable bonds is 5. The minimum atomic E-state index is -0.983. The Morgan fingerprint density at radius 1 is 1.30 bits per heavy atom. The SMILES string of the molecule is CCc1cc(C(=O)OC)c(NC(=O)[C@H]2CC=CC[C@H]2C(=O)O)s1. The van der Waals surface area contributed by atoms with Gasteiger partial charge in [-0.3, -0.25) is 9.59 Å². The highest BCUT2D eigenvalue weighted by atomic mass is 32.1. The Hall–Kier alpha value is -2.15. The van der Waals surface area contributed by atoms with Gasteiger partial charge in [0.1, 0.15) is 5.00 Å². The normalized spacial score (nSPS) is 20.1. The van der Waals surface area contributed by atoms with Gasteiger partial charge in [0, 0.05) is 4.88 Å². The van der Waals surface area contributed by atoms with Crippen LogP contribution >= 0.6 is 11.3 Å². The summed E-state index contributed by atoms with van der Waals surface area (Å²) in [6.45, 7) is 1.95. The van der Waals surface area contributed by atoms with Crippen LogP contribution in [0.4, 0.5) is 5.00 Å². The molecule has 0 aliphatic heterocycles. The average molecular weight is 337 g/mol. The third-order valence-electron chi connectivity index (χ3n) is 3.86. The van der Waals surface area contributed by atoms with Gasteiger partial charge in [0.25, 0.3) is 0 Å². The number of hydrogen-bond acceptors (Lipinski definition) is 5. The number of anilines is 1. The van der Waals surface area contributed by atoms with Crippen molar-refractivity contribution in [2.24, 2.45) is 11.8 Å². The highest BCUT2D eigenvalue weighted by molar-refractivity contribution is 7.16. The molecule has 1 aliphatic carbocycles. The maximum atomic E-state index is 12.5. The van der Waals surface area contributed by atoms with E-state index in [0.29, 0.717) is 23.4 Å². The number of carboxylic acid groups (broad SMARTS) is 1. The van der Waals surface area contributed by atoms with Crippen molar-refractivity contribution in [2.45, 2.75) is 26.2 Å². The molecular weight excluding hydrogens is 318 g/mol. The monoisotopic (exact) mass is 337 g/mol. The summed E-state index contributed by atoms with van der Waals surface area (Å²) >= 11 is 1.31. The summed E-state index contributed by atoms with van der Waals surface area (Å²) < 4.78 is 4.73. The Bertz CT molecular complexity index is 649. The van der Waals surface area contributed by atoms with Crippen molar-refractivity contribution >= 4 is 34.2 Å². The van der Waals surface area contributed by atoms with E-state index in [1.165, 1.54) is 18.4 Å². The fourth-order valence-corrected chi connectivity index (χ4v) is 3.54. The summed E-state index contributed by atoms with van der Waals surface area (Å²) in [4.78, 5) is 36.6. The van der Waals surface area contributed by atoms with Crippen molar-refractivity contribution < 1.29 is 24.2 Å². The fraction of sp³-hybridized carbons (Fsp3) is 0.438. The van der Waals surface area contributed by atoms with Gasteiger partial charge >= 0.3 is 11.9 Å². The molecule has 0 saturated heterocycles. The van der Waals surface area contributed by atoms with Crippen LogP contribution < -0.4 is 5.32 Å². The van der Waals surface area contributed by atoms with Crippen molar-refractivity contribution in [1.29, 1.82) is 0 Å². The molecule has 23 heavy (non-hydrogen) atoms. The molecule has 0 spiro atoms. The summed E-state index contributed by atoms with van der Waals surface area (Å²) in [7, 11) is 1.28. The zero-order valence-corrected chi connectivity index (χ0v) is 13.8. The highest BCUT2D eigenvalue weighted by Gasteiger charge is 2.34. The molecule has 2 N–H and O–H groups in total. The van der Waals surface area contributed by atoms with E-state index in [-0.39, 0.29) is 5.91 Å². The van der Waals surface area contributed by atoms with Gasteiger partial charge in [-0.15, -0.1) is 11.3 Å². The molecule has 7 heteroatoms. The van der Waals surface area contributed by atoms with Gasteiger partial charge in [-0.2, -0.15) is 0 Å². The smallest absolute Gasteiger partial charge is 0.340 e. The third-order valence-corrected chi connectivity index (χ3v) is 5.05. The van der Waals surface area contributed by atoms with Crippen LogP contribution in [0.25, 0.3) is 0 Å². The number of allylic oxidation sites excluding steroid dienone is 2. The predicted octanol–water partition coefficient (Wildman–Crippen LogP) is 2.70. The molecule has 1 aromatic rings. The summed E-state index contributed by atoms with van der Waals surface area (Å²) in [5, 5.41) is 12.4. The molecular formula is C16H19NO5S. The Kier molecular flexibility index (Phi) is 5.54. The van der Waals surface area contributed by atoms with Gasteiger partial charge in [-0.1, -0.05) is 19.1 Å². The predicted molar refractivity (Wildman–Crippen MR) is 86.7 cm³/mol. The van der Waals surface area contributed by atoms with Crippen LogP contribution in [0.1, 0.15) is 35.0 Å². The van der Waals surface area contributed by atoms with E-state index in [9.17, 15) is 19.5 Å². The number of methoxy groups -OCH3 is 1. The number of esters is 1. The number of carboxylic acids is 1. The minimum absolute atomic E-state index is 0.306. The van der Waals surface area contributed by atoms with Crippen LogP contribution in [0.2, 0.25) is 0 Å². The zero-order valence-electron chi connectivity index (χ0n) is 13.0. The summed E-state index contributed by atoms with van der Waals surface area (Å²) in [6, 6.07) is 1.70. The molecule has 1 aromatic heterocycles. The number of thiophene rings is 1. The second-order valence-electron chi connectivity index (χ2n) is 5.28. The van der Waals surface area contributed by atoms with Crippen LogP contribution in [0.3, 0.4) is 0 Å². The van der Waals surface area contributed by atoms with E-state index in [2.05, 4.69) is 5.32 Å².